The Balaban J connectivity index is 2.11. The van der Waals surface area contributed by atoms with Gasteiger partial charge < -0.3 is 0 Å². The third kappa shape index (κ3) is 2.28. The lowest BCUT2D eigenvalue weighted by Crippen LogP contribution is -2.06. The van der Waals surface area contributed by atoms with Crippen LogP contribution < -0.4 is 0 Å². The van der Waals surface area contributed by atoms with Crippen molar-refractivity contribution in [2.24, 2.45) is 0 Å². The molecule has 20 heavy (non-hydrogen) atoms. The number of aromatic nitrogens is 3. The molecule has 2 aromatic heterocycles. The van der Waals surface area contributed by atoms with Gasteiger partial charge >= 0.3 is 0 Å². The van der Waals surface area contributed by atoms with E-state index in [9.17, 15) is 8.78 Å². The van der Waals surface area contributed by atoms with Crippen LogP contribution in [-0.4, -0.2) is 14.8 Å². The van der Waals surface area contributed by atoms with E-state index in [0.717, 1.165) is 20.8 Å². The van der Waals surface area contributed by atoms with Crippen LogP contribution in [0, 0.1) is 22.3 Å². The molecular formula is C14H10F2IN3. The monoisotopic (exact) mass is 385 g/mol. The van der Waals surface area contributed by atoms with Gasteiger partial charge in [0.2, 0.25) is 0 Å². The van der Waals surface area contributed by atoms with Crippen molar-refractivity contribution in [3.05, 3.63) is 56.9 Å². The van der Waals surface area contributed by atoms with Gasteiger partial charge in [-0.1, -0.05) is 12.1 Å². The molecule has 0 aliphatic heterocycles. The minimum absolute atomic E-state index is 0.152. The number of pyridine rings is 1. The van der Waals surface area contributed by atoms with E-state index >= 15 is 0 Å². The molecule has 102 valence electrons. The van der Waals surface area contributed by atoms with Gasteiger partial charge in [-0.25, -0.2) is 18.4 Å². The Kier molecular flexibility index (Phi) is 3.41. The second kappa shape index (κ2) is 5.08. The van der Waals surface area contributed by atoms with E-state index in [4.69, 9.17) is 0 Å². The summed E-state index contributed by atoms with van der Waals surface area (Å²) in [6.45, 7) is 2.03. The van der Waals surface area contributed by atoms with Gasteiger partial charge in [-0.05, 0) is 47.7 Å². The average molecular weight is 385 g/mol. The van der Waals surface area contributed by atoms with Crippen LogP contribution in [0.4, 0.5) is 8.78 Å². The molecule has 0 unspecified atom stereocenters. The molecule has 2 heterocycles. The summed E-state index contributed by atoms with van der Waals surface area (Å²) in [5.74, 6) is -1.68. The van der Waals surface area contributed by atoms with Crippen molar-refractivity contribution in [2.45, 2.75) is 13.5 Å². The van der Waals surface area contributed by atoms with Crippen LogP contribution >= 0.6 is 22.6 Å². The largest absolute Gasteiger partial charge is 0.242 e. The van der Waals surface area contributed by atoms with E-state index in [-0.39, 0.29) is 12.1 Å². The average Bonchev–Trinajstić information content (AvgIpc) is 2.71. The fourth-order valence-corrected chi connectivity index (χ4v) is 2.73. The second-order valence-corrected chi connectivity index (χ2v) is 5.51. The maximum atomic E-state index is 13.7. The Labute approximate surface area is 127 Å². The van der Waals surface area contributed by atoms with E-state index in [1.165, 1.54) is 6.07 Å². The quantitative estimate of drug-likeness (QED) is 0.631. The van der Waals surface area contributed by atoms with Gasteiger partial charge in [0.15, 0.2) is 17.3 Å². The standard InChI is InChI=1S/C14H10F2IN3/c1-8-5-6-10-13(17)19-20(14(10)18-8)7-9-3-2-4-11(15)12(9)16/h2-6H,7H2,1H3. The minimum Gasteiger partial charge on any atom is -0.242 e. The highest BCUT2D eigenvalue weighted by molar-refractivity contribution is 14.1. The number of rotatable bonds is 2. The molecule has 0 spiro atoms. The number of fused-ring (bicyclic) bond motifs is 1. The number of halogens is 3. The SMILES string of the molecule is Cc1ccc2c(I)nn(Cc3cccc(F)c3F)c2n1. The molecule has 0 saturated heterocycles. The zero-order valence-corrected chi connectivity index (χ0v) is 12.7. The van der Waals surface area contributed by atoms with E-state index in [2.05, 4.69) is 32.7 Å². The zero-order chi connectivity index (χ0) is 14.3. The van der Waals surface area contributed by atoms with E-state index in [1.807, 2.05) is 19.1 Å². The fraction of sp³-hybridized carbons (Fsp3) is 0.143. The van der Waals surface area contributed by atoms with Gasteiger partial charge in [-0.15, -0.1) is 0 Å². The number of aryl methyl sites for hydroxylation is 1. The van der Waals surface area contributed by atoms with E-state index < -0.39 is 11.6 Å². The third-order valence-corrected chi connectivity index (χ3v) is 3.84. The Morgan fingerprint density at radius 2 is 2.00 bits per heavy atom. The maximum Gasteiger partial charge on any atom is 0.163 e. The highest BCUT2D eigenvalue weighted by atomic mass is 127. The Morgan fingerprint density at radius 3 is 2.80 bits per heavy atom. The molecule has 0 N–H and O–H groups in total. The van der Waals surface area contributed by atoms with Gasteiger partial charge in [0, 0.05) is 11.3 Å². The summed E-state index contributed by atoms with van der Waals surface area (Å²) >= 11 is 2.11. The summed E-state index contributed by atoms with van der Waals surface area (Å²) in [4.78, 5) is 4.42. The smallest absolute Gasteiger partial charge is 0.163 e. The van der Waals surface area contributed by atoms with Crippen LogP contribution in [0.15, 0.2) is 30.3 Å². The molecule has 0 amide bonds. The predicted molar refractivity (Wildman–Crippen MR) is 80.4 cm³/mol. The molecule has 0 radical (unpaired) electrons. The van der Waals surface area contributed by atoms with Gasteiger partial charge in [-0.2, -0.15) is 5.10 Å². The first-order valence-corrected chi connectivity index (χ1v) is 7.06. The van der Waals surface area contributed by atoms with Crippen molar-refractivity contribution in [1.29, 1.82) is 0 Å². The van der Waals surface area contributed by atoms with Gasteiger partial charge in [0.1, 0.15) is 3.70 Å². The highest BCUT2D eigenvalue weighted by Gasteiger charge is 2.13. The Morgan fingerprint density at radius 1 is 1.20 bits per heavy atom. The zero-order valence-electron chi connectivity index (χ0n) is 10.6. The van der Waals surface area contributed by atoms with Crippen LogP contribution in [0.5, 0.6) is 0 Å². The minimum atomic E-state index is -0.849. The Bertz CT molecular complexity index is 798. The lowest BCUT2D eigenvalue weighted by molar-refractivity contribution is 0.492. The summed E-state index contributed by atoms with van der Waals surface area (Å²) in [7, 11) is 0. The maximum absolute atomic E-state index is 13.7. The molecule has 6 heteroatoms. The number of benzene rings is 1. The van der Waals surface area contributed by atoms with Crippen LogP contribution in [0.3, 0.4) is 0 Å². The van der Waals surface area contributed by atoms with Crippen molar-refractivity contribution < 1.29 is 8.78 Å². The molecule has 1 aromatic carbocycles. The molecule has 0 fully saturated rings. The molecular weight excluding hydrogens is 375 g/mol. The first kappa shape index (κ1) is 13.4. The molecule has 0 aliphatic rings. The summed E-state index contributed by atoms with van der Waals surface area (Å²) in [6.07, 6.45) is 0. The fourth-order valence-electron chi connectivity index (χ4n) is 2.05. The van der Waals surface area contributed by atoms with Gasteiger partial charge in [0.25, 0.3) is 0 Å². The summed E-state index contributed by atoms with van der Waals surface area (Å²) in [5.41, 5.74) is 1.79. The summed E-state index contributed by atoms with van der Waals surface area (Å²) in [5, 5.41) is 5.26. The van der Waals surface area contributed by atoms with Crippen molar-refractivity contribution in [3.63, 3.8) is 0 Å². The van der Waals surface area contributed by atoms with Gasteiger partial charge in [0.05, 0.1) is 11.9 Å². The molecule has 0 bridgehead atoms. The number of hydrogen-bond donors (Lipinski definition) is 0. The molecule has 3 nitrogen and oxygen atoms in total. The lowest BCUT2D eigenvalue weighted by Gasteiger charge is -2.05. The van der Waals surface area contributed by atoms with Crippen LogP contribution in [0.25, 0.3) is 11.0 Å². The molecule has 3 aromatic rings. The molecule has 0 aliphatic carbocycles. The molecule has 0 atom stereocenters. The van der Waals surface area contributed by atoms with Gasteiger partial charge in [-0.3, -0.25) is 0 Å². The second-order valence-electron chi connectivity index (χ2n) is 4.49. The molecule has 0 saturated carbocycles. The van der Waals surface area contributed by atoms with Crippen molar-refractivity contribution in [1.82, 2.24) is 14.8 Å². The number of hydrogen-bond acceptors (Lipinski definition) is 2. The first-order chi connectivity index (χ1) is 9.56. The topological polar surface area (TPSA) is 30.7 Å². The summed E-state index contributed by atoms with van der Waals surface area (Å²) in [6, 6.07) is 7.98. The van der Waals surface area contributed by atoms with Crippen LogP contribution in [0.1, 0.15) is 11.3 Å². The lowest BCUT2D eigenvalue weighted by atomic mass is 10.2. The third-order valence-electron chi connectivity index (χ3n) is 3.04. The Hall–Kier alpha value is -1.57. The van der Waals surface area contributed by atoms with Crippen molar-refractivity contribution in [3.8, 4) is 0 Å². The predicted octanol–water partition coefficient (Wildman–Crippen LogP) is 3.67. The van der Waals surface area contributed by atoms with Crippen LogP contribution in [-0.2, 0) is 6.54 Å². The number of nitrogens with zero attached hydrogens (tertiary/aromatic N) is 3. The van der Waals surface area contributed by atoms with Crippen LogP contribution in [0.2, 0.25) is 0 Å². The highest BCUT2D eigenvalue weighted by Crippen LogP contribution is 2.21. The molecule has 3 rings (SSSR count). The normalized spacial score (nSPS) is 11.2. The first-order valence-electron chi connectivity index (χ1n) is 5.99. The van der Waals surface area contributed by atoms with E-state index in [1.54, 1.807) is 10.7 Å². The van der Waals surface area contributed by atoms with Crippen molar-refractivity contribution in [2.75, 3.05) is 0 Å². The summed E-state index contributed by atoms with van der Waals surface area (Å²) < 4.78 is 29.4. The van der Waals surface area contributed by atoms with E-state index in [0.29, 0.717) is 5.65 Å². The van der Waals surface area contributed by atoms with Crippen molar-refractivity contribution >= 4 is 33.6 Å².